The van der Waals surface area contributed by atoms with Crippen LogP contribution in [0.3, 0.4) is 0 Å². The van der Waals surface area contributed by atoms with Gasteiger partial charge in [-0.3, -0.25) is 15.1 Å². The number of allylic oxidation sites excluding steroid dienone is 1. The van der Waals surface area contributed by atoms with Gasteiger partial charge >= 0.3 is 0 Å². The Hall–Kier alpha value is -2.27. The van der Waals surface area contributed by atoms with E-state index in [-0.39, 0.29) is 5.69 Å². The van der Waals surface area contributed by atoms with Crippen LogP contribution in [0.25, 0.3) is 6.08 Å². The highest BCUT2D eigenvalue weighted by atomic mass is 79.9. The number of benzene rings is 2. The van der Waals surface area contributed by atoms with Crippen molar-refractivity contribution in [2.24, 2.45) is 4.99 Å². The molecule has 21 heavy (non-hydrogen) atoms. The lowest BCUT2D eigenvalue weighted by Gasteiger charge is -1.98. The van der Waals surface area contributed by atoms with Gasteiger partial charge in [-0.25, -0.2) is 0 Å². The zero-order valence-corrected chi connectivity index (χ0v) is 12.9. The van der Waals surface area contributed by atoms with Crippen LogP contribution in [0.4, 0.5) is 11.4 Å². The number of nitro groups is 1. The van der Waals surface area contributed by atoms with Crippen molar-refractivity contribution in [1.29, 1.82) is 0 Å². The third kappa shape index (κ3) is 4.10. The molecule has 0 aliphatic carbocycles. The summed E-state index contributed by atoms with van der Waals surface area (Å²) in [5.74, 6) is 0. The van der Waals surface area contributed by atoms with Crippen molar-refractivity contribution in [2.45, 2.75) is 6.92 Å². The Morgan fingerprint density at radius 3 is 2.71 bits per heavy atom. The first-order chi connectivity index (χ1) is 10.1. The Kier molecular flexibility index (Phi) is 5.00. The quantitative estimate of drug-likeness (QED) is 0.441. The van der Waals surface area contributed by atoms with Crippen LogP contribution in [0, 0.1) is 17.0 Å². The summed E-state index contributed by atoms with van der Waals surface area (Å²) in [6.07, 6.45) is 4.98. The molecule has 0 bridgehead atoms. The molecular weight excluding hydrogens is 332 g/mol. The summed E-state index contributed by atoms with van der Waals surface area (Å²) >= 11 is 3.45. The molecule has 2 aromatic carbocycles. The molecule has 0 heterocycles. The van der Waals surface area contributed by atoms with E-state index in [1.807, 2.05) is 25.1 Å². The summed E-state index contributed by atoms with van der Waals surface area (Å²) in [7, 11) is 0. The van der Waals surface area contributed by atoms with Gasteiger partial charge < -0.3 is 0 Å². The number of nitrogens with zero attached hydrogens (tertiary/aromatic N) is 2. The van der Waals surface area contributed by atoms with Crippen molar-refractivity contribution in [3.63, 3.8) is 0 Å². The molecule has 2 rings (SSSR count). The average Bonchev–Trinajstić information content (AvgIpc) is 2.45. The highest BCUT2D eigenvalue weighted by Gasteiger charge is 2.08. The number of rotatable bonds is 4. The van der Waals surface area contributed by atoms with E-state index in [2.05, 4.69) is 20.9 Å². The lowest BCUT2D eigenvalue weighted by Crippen LogP contribution is -1.90. The summed E-state index contributed by atoms with van der Waals surface area (Å²) in [6.45, 7) is 2.01. The molecule has 5 heteroatoms. The van der Waals surface area contributed by atoms with E-state index in [1.165, 1.54) is 6.07 Å². The Balaban J connectivity index is 2.16. The first-order valence-corrected chi connectivity index (χ1v) is 7.07. The number of aliphatic imine (C=N–C) groups is 1. The highest BCUT2D eigenvalue weighted by Crippen LogP contribution is 2.25. The second-order valence-corrected chi connectivity index (χ2v) is 5.26. The predicted molar refractivity (Wildman–Crippen MR) is 89.2 cm³/mol. The minimum Gasteiger partial charge on any atom is -0.258 e. The fourth-order valence-corrected chi connectivity index (χ4v) is 2.38. The molecule has 106 valence electrons. The molecule has 0 unspecified atom stereocenters. The van der Waals surface area contributed by atoms with E-state index in [0.717, 1.165) is 15.7 Å². The highest BCUT2D eigenvalue weighted by molar-refractivity contribution is 9.10. The Morgan fingerprint density at radius 2 is 2.00 bits per heavy atom. The topological polar surface area (TPSA) is 55.5 Å². The van der Waals surface area contributed by atoms with Gasteiger partial charge in [-0.05, 0) is 58.8 Å². The van der Waals surface area contributed by atoms with E-state index in [1.54, 1.807) is 36.6 Å². The van der Waals surface area contributed by atoms with Gasteiger partial charge in [0.25, 0.3) is 5.69 Å². The summed E-state index contributed by atoms with van der Waals surface area (Å²) < 4.78 is 0.915. The zero-order valence-electron chi connectivity index (χ0n) is 11.4. The molecule has 0 fully saturated rings. The molecule has 0 aromatic heterocycles. The van der Waals surface area contributed by atoms with Gasteiger partial charge in [-0.1, -0.05) is 18.2 Å². The molecular formula is C16H13BrN2O2. The third-order valence-corrected chi connectivity index (χ3v) is 3.45. The van der Waals surface area contributed by atoms with Crippen LogP contribution in [0.1, 0.15) is 11.1 Å². The van der Waals surface area contributed by atoms with Gasteiger partial charge in [0.1, 0.15) is 0 Å². The summed E-state index contributed by atoms with van der Waals surface area (Å²) in [4.78, 5) is 14.8. The molecule has 2 aromatic rings. The zero-order chi connectivity index (χ0) is 15.2. The average molecular weight is 345 g/mol. The summed E-state index contributed by atoms with van der Waals surface area (Å²) in [5, 5.41) is 10.9. The van der Waals surface area contributed by atoms with E-state index in [0.29, 0.717) is 5.56 Å². The monoisotopic (exact) mass is 344 g/mol. The molecule has 0 spiro atoms. The van der Waals surface area contributed by atoms with Gasteiger partial charge in [0.05, 0.1) is 16.2 Å². The molecule has 0 aliphatic rings. The minimum atomic E-state index is -0.395. The molecule has 0 aliphatic heterocycles. The lowest BCUT2D eigenvalue weighted by molar-refractivity contribution is -0.385. The van der Waals surface area contributed by atoms with Gasteiger partial charge in [0.2, 0.25) is 0 Å². The van der Waals surface area contributed by atoms with Crippen molar-refractivity contribution in [1.82, 2.24) is 0 Å². The Bertz CT molecular complexity index is 724. The fraction of sp³-hybridized carbons (Fsp3) is 0.0625. The predicted octanol–water partition coefficient (Wildman–Crippen LogP) is 5.08. The molecule has 0 N–H and O–H groups in total. The Morgan fingerprint density at radius 1 is 1.24 bits per heavy atom. The second-order valence-electron chi connectivity index (χ2n) is 4.41. The van der Waals surface area contributed by atoms with E-state index in [4.69, 9.17) is 0 Å². The molecule has 0 saturated carbocycles. The van der Waals surface area contributed by atoms with Crippen LogP contribution >= 0.6 is 15.9 Å². The number of aryl methyl sites for hydroxylation is 1. The second kappa shape index (κ2) is 6.95. The van der Waals surface area contributed by atoms with Crippen LogP contribution in [-0.2, 0) is 0 Å². The normalized spacial score (nSPS) is 11.3. The molecule has 4 nitrogen and oxygen atoms in total. The van der Waals surface area contributed by atoms with Crippen LogP contribution in [0.2, 0.25) is 0 Å². The number of hydrogen-bond donors (Lipinski definition) is 0. The SMILES string of the molecule is Cc1ccc(N=C/C=C/c2ccccc2[N+](=O)[O-])c(Br)c1. The van der Waals surface area contributed by atoms with Crippen LogP contribution in [0.15, 0.2) is 58.0 Å². The number of nitro benzene ring substituents is 1. The lowest BCUT2D eigenvalue weighted by atomic mass is 10.1. The molecule has 0 atom stereocenters. The number of halogens is 1. The molecule has 0 amide bonds. The number of para-hydroxylation sites is 1. The summed E-state index contributed by atoms with van der Waals surface area (Å²) in [6, 6.07) is 12.5. The van der Waals surface area contributed by atoms with Crippen molar-refractivity contribution in [3.8, 4) is 0 Å². The molecule has 0 radical (unpaired) electrons. The maximum atomic E-state index is 10.9. The van der Waals surface area contributed by atoms with Gasteiger partial charge in [0, 0.05) is 16.8 Å². The van der Waals surface area contributed by atoms with E-state index < -0.39 is 4.92 Å². The maximum absolute atomic E-state index is 10.9. The number of hydrogen-bond acceptors (Lipinski definition) is 3. The first-order valence-electron chi connectivity index (χ1n) is 6.28. The third-order valence-electron chi connectivity index (χ3n) is 2.81. The Labute approximate surface area is 131 Å². The van der Waals surface area contributed by atoms with Crippen molar-refractivity contribution in [3.05, 3.63) is 74.3 Å². The van der Waals surface area contributed by atoms with Gasteiger partial charge in [-0.15, -0.1) is 0 Å². The van der Waals surface area contributed by atoms with Crippen molar-refractivity contribution >= 4 is 39.6 Å². The molecule has 0 saturated heterocycles. The van der Waals surface area contributed by atoms with E-state index >= 15 is 0 Å². The fourth-order valence-electron chi connectivity index (χ4n) is 1.78. The van der Waals surface area contributed by atoms with Crippen LogP contribution < -0.4 is 0 Å². The van der Waals surface area contributed by atoms with Crippen molar-refractivity contribution in [2.75, 3.05) is 0 Å². The van der Waals surface area contributed by atoms with Crippen LogP contribution in [0.5, 0.6) is 0 Å². The van der Waals surface area contributed by atoms with Gasteiger partial charge in [0.15, 0.2) is 0 Å². The van der Waals surface area contributed by atoms with Gasteiger partial charge in [-0.2, -0.15) is 0 Å². The van der Waals surface area contributed by atoms with Crippen LogP contribution in [-0.4, -0.2) is 11.1 Å². The van der Waals surface area contributed by atoms with Crippen molar-refractivity contribution < 1.29 is 4.92 Å². The minimum absolute atomic E-state index is 0.0821. The first kappa shape index (κ1) is 15.1. The maximum Gasteiger partial charge on any atom is 0.276 e. The smallest absolute Gasteiger partial charge is 0.258 e. The van der Waals surface area contributed by atoms with E-state index in [9.17, 15) is 10.1 Å². The largest absolute Gasteiger partial charge is 0.276 e. The summed E-state index contributed by atoms with van der Waals surface area (Å²) in [5.41, 5.74) is 2.60. The standard InChI is InChI=1S/C16H13BrN2O2/c1-12-8-9-15(14(17)11-12)18-10-4-6-13-5-2-3-7-16(13)19(20)21/h2-11H,1H3/b6-4+,18-10?.